The molecule has 1 aromatic heterocycles. The van der Waals surface area contributed by atoms with Gasteiger partial charge in [-0.15, -0.1) is 0 Å². The van der Waals surface area contributed by atoms with Crippen molar-refractivity contribution in [3.63, 3.8) is 0 Å². The van der Waals surface area contributed by atoms with Crippen molar-refractivity contribution in [2.24, 2.45) is 0 Å². The summed E-state index contributed by atoms with van der Waals surface area (Å²) in [5.41, 5.74) is -0.454. The molecule has 1 aromatic rings. The van der Waals surface area contributed by atoms with Gasteiger partial charge in [-0.25, -0.2) is 4.98 Å². The van der Waals surface area contributed by atoms with Crippen LogP contribution in [0, 0.1) is 21.4 Å². The fraction of sp³-hybridized carbons (Fsp3) is 0.455. The van der Waals surface area contributed by atoms with Gasteiger partial charge in [0.1, 0.15) is 11.9 Å². The second-order valence-electron chi connectivity index (χ2n) is 3.56. The van der Waals surface area contributed by atoms with Crippen molar-refractivity contribution in [1.82, 2.24) is 4.98 Å². The standard InChI is InChI=1S/C11H14N4O3/c1-18-7-3-2-6-13-11-5-4-10(15(16)17)9(8-12)14-11/h4-5H,2-3,6-7H2,1H3,(H,13,14). The quantitative estimate of drug-likeness (QED) is 0.449. The Hall–Kier alpha value is -2.20. The van der Waals surface area contributed by atoms with E-state index in [1.807, 2.05) is 0 Å². The van der Waals surface area contributed by atoms with Gasteiger partial charge < -0.3 is 10.1 Å². The van der Waals surface area contributed by atoms with Gasteiger partial charge in [0.2, 0.25) is 5.69 Å². The number of rotatable bonds is 7. The van der Waals surface area contributed by atoms with Crippen molar-refractivity contribution in [2.45, 2.75) is 12.8 Å². The minimum Gasteiger partial charge on any atom is -0.385 e. The van der Waals surface area contributed by atoms with E-state index in [1.54, 1.807) is 13.2 Å². The first-order chi connectivity index (χ1) is 8.69. The second kappa shape index (κ2) is 7.19. The predicted octanol–water partition coefficient (Wildman–Crippen LogP) is 1.70. The fourth-order valence-corrected chi connectivity index (χ4v) is 1.37. The first kappa shape index (κ1) is 13.9. The summed E-state index contributed by atoms with van der Waals surface area (Å²) in [6.45, 7) is 1.37. The van der Waals surface area contributed by atoms with Crippen LogP contribution in [-0.4, -0.2) is 30.2 Å². The lowest BCUT2D eigenvalue weighted by atomic mass is 10.3. The molecule has 0 radical (unpaired) electrons. The molecule has 1 rings (SSSR count). The van der Waals surface area contributed by atoms with Crippen LogP contribution in [0.25, 0.3) is 0 Å². The van der Waals surface area contributed by atoms with Crippen molar-refractivity contribution in [2.75, 3.05) is 25.6 Å². The maximum Gasteiger partial charge on any atom is 0.305 e. The number of nitrogens with one attached hydrogen (secondary N) is 1. The molecule has 0 unspecified atom stereocenters. The van der Waals surface area contributed by atoms with Gasteiger partial charge in [0.15, 0.2) is 0 Å². The van der Waals surface area contributed by atoms with E-state index in [1.165, 1.54) is 12.1 Å². The van der Waals surface area contributed by atoms with E-state index in [4.69, 9.17) is 10.00 Å². The second-order valence-corrected chi connectivity index (χ2v) is 3.56. The number of nitriles is 1. The molecule has 0 aliphatic carbocycles. The van der Waals surface area contributed by atoms with Gasteiger partial charge in [-0.1, -0.05) is 0 Å². The van der Waals surface area contributed by atoms with Crippen LogP contribution >= 0.6 is 0 Å². The summed E-state index contributed by atoms with van der Waals surface area (Å²) in [5.74, 6) is 0.467. The zero-order valence-corrected chi connectivity index (χ0v) is 10.0. The van der Waals surface area contributed by atoms with Crippen molar-refractivity contribution in [1.29, 1.82) is 5.26 Å². The molecule has 0 fully saturated rings. The Bertz CT molecular complexity index is 456. The maximum atomic E-state index is 10.6. The summed E-state index contributed by atoms with van der Waals surface area (Å²) < 4.78 is 4.91. The topological polar surface area (TPSA) is 101 Å². The normalized spacial score (nSPS) is 9.78. The zero-order valence-electron chi connectivity index (χ0n) is 10.0. The molecule has 0 aliphatic heterocycles. The molecule has 1 heterocycles. The molecule has 0 spiro atoms. The summed E-state index contributed by atoms with van der Waals surface area (Å²) in [6, 6.07) is 4.49. The molecular formula is C11H14N4O3. The van der Waals surface area contributed by atoms with Crippen LogP contribution in [0.3, 0.4) is 0 Å². The number of hydrogen-bond acceptors (Lipinski definition) is 6. The minimum atomic E-state index is -0.617. The van der Waals surface area contributed by atoms with Gasteiger partial charge in [0.05, 0.1) is 4.92 Å². The highest BCUT2D eigenvalue weighted by Gasteiger charge is 2.15. The average Bonchev–Trinajstić information content (AvgIpc) is 2.38. The van der Waals surface area contributed by atoms with Crippen molar-refractivity contribution < 1.29 is 9.66 Å². The number of aromatic nitrogens is 1. The Labute approximate surface area is 105 Å². The smallest absolute Gasteiger partial charge is 0.305 e. The highest BCUT2D eigenvalue weighted by atomic mass is 16.6. The summed E-state index contributed by atoms with van der Waals surface area (Å²) in [4.78, 5) is 13.9. The third-order valence-corrected chi connectivity index (χ3v) is 2.26. The van der Waals surface area contributed by atoms with E-state index in [2.05, 4.69) is 10.3 Å². The van der Waals surface area contributed by atoms with E-state index in [-0.39, 0.29) is 11.4 Å². The Morgan fingerprint density at radius 2 is 2.33 bits per heavy atom. The third-order valence-electron chi connectivity index (χ3n) is 2.26. The largest absolute Gasteiger partial charge is 0.385 e. The summed E-state index contributed by atoms with van der Waals surface area (Å²) in [5, 5.41) is 22.4. The molecule has 0 atom stereocenters. The fourth-order valence-electron chi connectivity index (χ4n) is 1.37. The Balaban J connectivity index is 2.58. The summed E-state index contributed by atoms with van der Waals surface area (Å²) >= 11 is 0. The lowest BCUT2D eigenvalue weighted by Gasteiger charge is -2.05. The Morgan fingerprint density at radius 1 is 1.56 bits per heavy atom. The lowest BCUT2D eigenvalue weighted by molar-refractivity contribution is -0.385. The van der Waals surface area contributed by atoms with E-state index in [0.717, 1.165) is 12.8 Å². The molecule has 0 saturated heterocycles. The number of nitro groups is 1. The first-order valence-corrected chi connectivity index (χ1v) is 5.47. The Kier molecular flexibility index (Phi) is 5.54. The molecule has 96 valence electrons. The van der Waals surface area contributed by atoms with Crippen LogP contribution in [0.2, 0.25) is 0 Å². The van der Waals surface area contributed by atoms with Gasteiger partial charge in [-0.3, -0.25) is 10.1 Å². The molecule has 7 heteroatoms. The van der Waals surface area contributed by atoms with E-state index >= 15 is 0 Å². The SMILES string of the molecule is COCCCCNc1ccc([N+](=O)[O-])c(C#N)n1. The molecule has 0 saturated carbocycles. The van der Waals surface area contributed by atoms with Gasteiger partial charge in [-0.05, 0) is 18.9 Å². The first-order valence-electron chi connectivity index (χ1n) is 5.47. The van der Waals surface area contributed by atoms with Gasteiger partial charge in [0, 0.05) is 26.3 Å². The van der Waals surface area contributed by atoms with E-state index in [0.29, 0.717) is 19.0 Å². The monoisotopic (exact) mass is 250 g/mol. The minimum absolute atomic E-state index is 0.179. The van der Waals surface area contributed by atoms with Crippen molar-refractivity contribution >= 4 is 11.5 Å². The highest BCUT2D eigenvalue weighted by molar-refractivity contribution is 5.50. The molecule has 0 bridgehead atoms. The molecular weight excluding hydrogens is 236 g/mol. The van der Waals surface area contributed by atoms with Crippen molar-refractivity contribution in [3.8, 4) is 6.07 Å². The number of pyridine rings is 1. The summed E-state index contributed by atoms with van der Waals surface area (Å²) in [7, 11) is 1.64. The number of ether oxygens (including phenoxy) is 1. The Morgan fingerprint density at radius 3 is 2.94 bits per heavy atom. The van der Waals surface area contributed by atoms with Crippen molar-refractivity contribution in [3.05, 3.63) is 27.9 Å². The number of nitrogens with zero attached hydrogens (tertiary/aromatic N) is 3. The predicted molar refractivity (Wildman–Crippen MR) is 65.2 cm³/mol. The van der Waals surface area contributed by atoms with Crippen LogP contribution < -0.4 is 5.32 Å². The van der Waals surface area contributed by atoms with Crippen LogP contribution in [0.4, 0.5) is 11.5 Å². The number of hydrogen-bond donors (Lipinski definition) is 1. The average molecular weight is 250 g/mol. The van der Waals surface area contributed by atoms with E-state index < -0.39 is 4.92 Å². The van der Waals surface area contributed by atoms with Gasteiger partial charge in [-0.2, -0.15) is 5.26 Å². The highest BCUT2D eigenvalue weighted by Crippen LogP contribution is 2.17. The number of unbranched alkanes of at least 4 members (excludes halogenated alkanes) is 1. The van der Waals surface area contributed by atoms with Crippen LogP contribution in [-0.2, 0) is 4.74 Å². The third kappa shape index (κ3) is 3.99. The molecule has 0 aliphatic rings. The lowest BCUT2D eigenvalue weighted by Crippen LogP contribution is -2.06. The molecule has 18 heavy (non-hydrogen) atoms. The number of methoxy groups -OCH3 is 1. The number of anilines is 1. The van der Waals surface area contributed by atoms with Gasteiger partial charge in [0.25, 0.3) is 0 Å². The molecule has 0 aromatic carbocycles. The van der Waals surface area contributed by atoms with Crippen LogP contribution in [0.5, 0.6) is 0 Å². The maximum absolute atomic E-state index is 10.6. The van der Waals surface area contributed by atoms with E-state index in [9.17, 15) is 10.1 Å². The zero-order chi connectivity index (χ0) is 13.4. The van der Waals surface area contributed by atoms with Crippen LogP contribution in [0.1, 0.15) is 18.5 Å². The van der Waals surface area contributed by atoms with Gasteiger partial charge >= 0.3 is 5.69 Å². The summed E-state index contributed by atoms with van der Waals surface area (Å²) in [6.07, 6.45) is 1.82. The molecule has 0 amide bonds. The molecule has 1 N–H and O–H groups in total. The molecule has 7 nitrogen and oxygen atoms in total. The van der Waals surface area contributed by atoms with Crippen LogP contribution in [0.15, 0.2) is 12.1 Å².